The molecule has 2 bridgehead atoms. The third-order valence-corrected chi connectivity index (χ3v) is 6.28. The van der Waals surface area contributed by atoms with E-state index in [0.29, 0.717) is 5.69 Å². The Morgan fingerprint density at radius 1 is 1.15 bits per heavy atom. The summed E-state index contributed by atoms with van der Waals surface area (Å²) < 4.78 is 1.62. The fraction of sp³-hybridized carbons (Fsp3) is 0.450. The largest absolute Gasteiger partial charge is 0.331 e. The Bertz CT molecular complexity index is 889. The van der Waals surface area contributed by atoms with Crippen molar-refractivity contribution in [1.82, 2.24) is 14.7 Å². The summed E-state index contributed by atoms with van der Waals surface area (Å²) in [6, 6.07) is 10.1. The van der Waals surface area contributed by atoms with Gasteiger partial charge in [-0.2, -0.15) is 5.10 Å². The van der Waals surface area contributed by atoms with Crippen LogP contribution in [0.5, 0.6) is 0 Å². The molecular formula is C20H22N4O2. The Balaban J connectivity index is 1.40. The number of aryl methyl sites for hydroxylation is 1. The average molecular weight is 350 g/mol. The van der Waals surface area contributed by atoms with E-state index in [1.165, 1.54) is 5.56 Å². The monoisotopic (exact) mass is 350 g/mol. The van der Waals surface area contributed by atoms with Crippen LogP contribution in [-0.2, 0) is 18.3 Å². The smallest absolute Gasteiger partial charge is 0.272 e. The first-order valence-electron chi connectivity index (χ1n) is 9.35. The lowest BCUT2D eigenvalue weighted by molar-refractivity contribution is -0.123. The molecular weight excluding hydrogens is 328 g/mol. The topological polar surface area (TPSA) is 58.4 Å². The van der Waals surface area contributed by atoms with Gasteiger partial charge in [0.05, 0.1) is 5.92 Å². The van der Waals surface area contributed by atoms with Gasteiger partial charge in [-0.05, 0) is 43.4 Å². The van der Waals surface area contributed by atoms with Crippen LogP contribution in [-0.4, -0.2) is 45.1 Å². The second-order valence-electron chi connectivity index (χ2n) is 7.56. The number of benzene rings is 1. The van der Waals surface area contributed by atoms with Crippen molar-refractivity contribution in [1.29, 1.82) is 0 Å². The molecule has 3 aliphatic heterocycles. The number of carbonyl (C=O) groups excluding carboxylic acids is 2. The van der Waals surface area contributed by atoms with E-state index in [4.69, 9.17) is 0 Å². The van der Waals surface area contributed by atoms with E-state index in [1.54, 1.807) is 24.0 Å². The number of hydrogen-bond donors (Lipinski definition) is 0. The Morgan fingerprint density at radius 3 is 2.81 bits per heavy atom. The van der Waals surface area contributed by atoms with Crippen LogP contribution >= 0.6 is 0 Å². The molecule has 6 heteroatoms. The van der Waals surface area contributed by atoms with Crippen molar-refractivity contribution >= 4 is 17.5 Å². The fourth-order valence-electron chi connectivity index (χ4n) is 5.05. The Morgan fingerprint density at radius 2 is 2.00 bits per heavy atom. The number of amides is 2. The average Bonchev–Trinajstić information content (AvgIpc) is 3.42. The molecule has 2 saturated heterocycles. The molecule has 0 N–H and O–H groups in total. The van der Waals surface area contributed by atoms with Crippen LogP contribution in [0.4, 0.5) is 5.69 Å². The zero-order valence-corrected chi connectivity index (χ0v) is 14.8. The quantitative estimate of drug-likeness (QED) is 0.832. The molecule has 2 fully saturated rings. The van der Waals surface area contributed by atoms with Crippen LogP contribution in [0.25, 0.3) is 0 Å². The molecule has 26 heavy (non-hydrogen) atoms. The first kappa shape index (κ1) is 15.6. The molecule has 1 aromatic heterocycles. The summed E-state index contributed by atoms with van der Waals surface area (Å²) in [5.41, 5.74) is 2.89. The van der Waals surface area contributed by atoms with Crippen molar-refractivity contribution in [3.63, 3.8) is 0 Å². The highest BCUT2D eigenvalue weighted by molar-refractivity contribution is 5.99. The van der Waals surface area contributed by atoms with Crippen molar-refractivity contribution in [2.75, 3.05) is 11.4 Å². The summed E-state index contributed by atoms with van der Waals surface area (Å²) in [5, 5.41) is 4.12. The van der Waals surface area contributed by atoms with Gasteiger partial charge in [-0.3, -0.25) is 14.3 Å². The molecule has 6 nitrogen and oxygen atoms in total. The number of anilines is 1. The number of rotatable bonds is 2. The van der Waals surface area contributed by atoms with Crippen LogP contribution in [0, 0.1) is 5.92 Å². The molecule has 134 valence electrons. The highest BCUT2D eigenvalue weighted by atomic mass is 16.2. The van der Waals surface area contributed by atoms with Gasteiger partial charge in [-0.15, -0.1) is 0 Å². The van der Waals surface area contributed by atoms with Gasteiger partial charge in [-0.25, -0.2) is 0 Å². The first-order valence-corrected chi connectivity index (χ1v) is 9.35. The molecule has 3 aliphatic rings. The van der Waals surface area contributed by atoms with Gasteiger partial charge in [0.2, 0.25) is 5.91 Å². The Hall–Kier alpha value is -2.63. The molecule has 0 saturated carbocycles. The molecule has 5 rings (SSSR count). The minimum Gasteiger partial charge on any atom is -0.331 e. The maximum atomic E-state index is 13.3. The molecule has 3 atom stereocenters. The normalized spacial score (nSPS) is 26.4. The number of nitrogens with zero attached hydrogens (tertiary/aromatic N) is 4. The van der Waals surface area contributed by atoms with Crippen LogP contribution < -0.4 is 4.90 Å². The predicted octanol–water partition coefficient (Wildman–Crippen LogP) is 2.00. The Kier molecular flexibility index (Phi) is 3.42. The Labute approximate surface area is 152 Å². The third-order valence-electron chi connectivity index (χ3n) is 6.28. The van der Waals surface area contributed by atoms with Gasteiger partial charge >= 0.3 is 0 Å². The van der Waals surface area contributed by atoms with E-state index < -0.39 is 0 Å². The summed E-state index contributed by atoms with van der Waals surface area (Å²) in [4.78, 5) is 30.2. The van der Waals surface area contributed by atoms with E-state index in [1.807, 2.05) is 28.0 Å². The summed E-state index contributed by atoms with van der Waals surface area (Å²) in [6.45, 7) is 0.752. The minimum atomic E-state index is -0.0860. The van der Waals surface area contributed by atoms with E-state index >= 15 is 0 Å². The minimum absolute atomic E-state index is 0.00891. The first-order chi connectivity index (χ1) is 12.6. The molecule has 0 spiro atoms. The van der Waals surface area contributed by atoms with Crippen molar-refractivity contribution in [3.8, 4) is 0 Å². The van der Waals surface area contributed by atoms with Gasteiger partial charge in [-0.1, -0.05) is 18.2 Å². The van der Waals surface area contributed by atoms with Crippen LogP contribution in [0.3, 0.4) is 0 Å². The molecule has 0 aliphatic carbocycles. The van der Waals surface area contributed by atoms with E-state index in [9.17, 15) is 9.59 Å². The van der Waals surface area contributed by atoms with Crippen molar-refractivity contribution in [2.24, 2.45) is 13.0 Å². The van der Waals surface area contributed by atoms with Gasteiger partial charge in [0, 0.05) is 37.6 Å². The summed E-state index contributed by atoms with van der Waals surface area (Å²) >= 11 is 0. The van der Waals surface area contributed by atoms with E-state index in [-0.39, 0.29) is 29.8 Å². The molecule has 1 aromatic carbocycles. The third kappa shape index (κ3) is 2.14. The maximum absolute atomic E-state index is 13.3. The maximum Gasteiger partial charge on any atom is 0.272 e. The zero-order valence-electron chi connectivity index (χ0n) is 14.8. The van der Waals surface area contributed by atoms with Crippen LogP contribution in [0.15, 0.2) is 36.5 Å². The van der Waals surface area contributed by atoms with E-state index in [2.05, 4.69) is 11.2 Å². The van der Waals surface area contributed by atoms with Crippen LogP contribution in [0.2, 0.25) is 0 Å². The lowest BCUT2D eigenvalue weighted by Crippen LogP contribution is -2.43. The molecule has 0 radical (unpaired) electrons. The second-order valence-corrected chi connectivity index (χ2v) is 7.56. The molecule has 2 aromatic rings. The van der Waals surface area contributed by atoms with Gasteiger partial charge in [0.15, 0.2) is 0 Å². The van der Waals surface area contributed by atoms with Crippen LogP contribution in [0.1, 0.15) is 35.3 Å². The zero-order chi connectivity index (χ0) is 17.8. The number of aromatic nitrogens is 2. The second kappa shape index (κ2) is 5.69. The number of hydrogen-bond acceptors (Lipinski definition) is 3. The number of fused-ring (bicyclic) bond motifs is 3. The van der Waals surface area contributed by atoms with Gasteiger partial charge < -0.3 is 9.80 Å². The highest BCUT2D eigenvalue weighted by Gasteiger charge is 2.52. The standard InChI is InChI=1S/C20H22N4O2/c1-22-18(8-10-21-22)20(26)24-14-6-7-17(24)15(12-14)19(25)23-11-9-13-4-2-3-5-16(13)23/h2-5,8,10,14-15,17H,6-7,9,11-12H2,1H3/t14-,15+,17-/m0/s1. The molecule has 4 heterocycles. The molecule has 0 unspecified atom stereocenters. The SMILES string of the molecule is Cn1nccc1C(=O)N1[C@H]2CC[C@H]1[C@H](C(=O)N1CCc3ccccc31)C2. The van der Waals surface area contributed by atoms with Gasteiger partial charge in [0.1, 0.15) is 5.69 Å². The summed E-state index contributed by atoms with van der Waals surface area (Å²) in [5.74, 6) is 0.108. The van der Waals surface area contributed by atoms with Crippen molar-refractivity contribution in [2.45, 2.75) is 37.8 Å². The molecule has 2 amide bonds. The highest BCUT2D eigenvalue weighted by Crippen LogP contribution is 2.44. The summed E-state index contributed by atoms with van der Waals surface area (Å²) in [7, 11) is 1.79. The van der Waals surface area contributed by atoms with E-state index in [0.717, 1.165) is 37.9 Å². The lowest BCUT2D eigenvalue weighted by Gasteiger charge is -2.27. The number of carbonyl (C=O) groups is 2. The number of para-hydroxylation sites is 1. The lowest BCUT2D eigenvalue weighted by atomic mass is 9.88. The fourth-order valence-corrected chi connectivity index (χ4v) is 5.05. The summed E-state index contributed by atoms with van der Waals surface area (Å²) in [6.07, 6.45) is 5.26. The van der Waals surface area contributed by atoms with Gasteiger partial charge in [0.25, 0.3) is 5.91 Å². The van der Waals surface area contributed by atoms with Crippen molar-refractivity contribution in [3.05, 3.63) is 47.8 Å². The predicted molar refractivity (Wildman–Crippen MR) is 96.8 cm³/mol. The van der Waals surface area contributed by atoms with Crippen molar-refractivity contribution < 1.29 is 9.59 Å².